The van der Waals surface area contributed by atoms with Crippen LogP contribution >= 0.6 is 0 Å². The average molecular weight is 861 g/mol. The van der Waals surface area contributed by atoms with Gasteiger partial charge >= 0.3 is 5.97 Å². The Balaban J connectivity index is 1.62. The highest BCUT2D eigenvalue weighted by Crippen LogP contribution is 2.48. The second-order valence-electron chi connectivity index (χ2n) is 16.3. The van der Waals surface area contributed by atoms with Gasteiger partial charge in [0.05, 0.1) is 27.7 Å². The Labute approximate surface area is 342 Å². The third-order valence-electron chi connectivity index (χ3n) is 11.2. The van der Waals surface area contributed by atoms with Gasteiger partial charge < -0.3 is 15.3 Å². The molecule has 3 aliphatic rings. The lowest BCUT2D eigenvalue weighted by molar-refractivity contribution is -0.437. The molecule has 0 saturated carbocycles. The van der Waals surface area contributed by atoms with Gasteiger partial charge in [0.15, 0.2) is 5.71 Å². The Bertz CT molecular complexity index is 2480. The molecule has 1 unspecified atom stereocenters. The number of carboxylic acid groups (broad SMARTS) is 1. The third-order valence-corrected chi connectivity index (χ3v) is 13.7. The summed E-state index contributed by atoms with van der Waals surface area (Å²) in [5.74, 6) is -2.53. The zero-order valence-corrected chi connectivity index (χ0v) is 36.1. The molecule has 2 heterocycles. The average Bonchev–Trinajstić information content (AvgIpc) is 3.44. The Hall–Kier alpha value is -4.13. The van der Waals surface area contributed by atoms with Gasteiger partial charge in [-0.3, -0.25) is 18.5 Å². The topological polar surface area (TPSA) is 219 Å². The highest BCUT2D eigenvalue weighted by atomic mass is 32.2. The Kier molecular flexibility index (Phi) is 13.1. The third kappa shape index (κ3) is 10.2. The zero-order valence-electron chi connectivity index (χ0n) is 33.7. The molecule has 0 fully saturated rings. The molecule has 58 heavy (non-hydrogen) atoms. The molecule has 0 amide bonds. The number of hydrogen-bond donors (Lipinski definition) is 5. The molecule has 0 saturated heterocycles. The van der Waals surface area contributed by atoms with Crippen LogP contribution in [0.4, 0.5) is 11.4 Å². The smallest absolute Gasteiger partial charge is 0.308 e. The number of fused-ring (bicyclic) bond motifs is 2. The summed E-state index contributed by atoms with van der Waals surface area (Å²) in [5, 5.41) is 13.2. The number of carbonyl (C=O) groups is 1. The van der Waals surface area contributed by atoms with Crippen molar-refractivity contribution in [3.63, 3.8) is 0 Å². The normalized spacial score (nSPS) is 20.0. The molecule has 0 bridgehead atoms. The number of carboxylic acids is 1. The van der Waals surface area contributed by atoms with E-state index in [2.05, 4.69) is 30.1 Å². The van der Waals surface area contributed by atoms with Crippen LogP contribution in [0, 0.1) is 12.8 Å². The fraction of sp³-hybridized carbons (Fsp3) is 0.463. The molecular formula is C41H54N3O11S3+. The van der Waals surface area contributed by atoms with Gasteiger partial charge in [0.25, 0.3) is 30.4 Å². The molecule has 17 heteroatoms. The van der Waals surface area contributed by atoms with Crippen molar-refractivity contribution in [3.05, 3.63) is 99.9 Å². The number of anilines is 1. The molecule has 2 aromatic rings. The van der Waals surface area contributed by atoms with E-state index >= 15 is 0 Å². The first kappa shape index (κ1) is 45.0. The Morgan fingerprint density at radius 3 is 2.19 bits per heavy atom. The summed E-state index contributed by atoms with van der Waals surface area (Å²) in [6.45, 7) is 12.3. The van der Waals surface area contributed by atoms with Crippen LogP contribution in [0.15, 0.2) is 88.1 Å². The lowest BCUT2D eigenvalue weighted by Crippen LogP contribution is -2.29. The quantitative estimate of drug-likeness (QED) is 0.0955. The van der Waals surface area contributed by atoms with E-state index in [1.165, 1.54) is 12.1 Å². The predicted molar refractivity (Wildman–Crippen MR) is 224 cm³/mol. The Morgan fingerprint density at radius 2 is 1.55 bits per heavy atom. The first-order chi connectivity index (χ1) is 26.8. The summed E-state index contributed by atoms with van der Waals surface area (Å²) >= 11 is 0. The molecule has 0 spiro atoms. The maximum absolute atomic E-state index is 12.1. The van der Waals surface area contributed by atoms with Crippen LogP contribution in [0.1, 0.15) is 83.4 Å². The first-order valence-electron chi connectivity index (χ1n) is 19.2. The van der Waals surface area contributed by atoms with E-state index in [0.29, 0.717) is 30.6 Å². The summed E-state index contributed by atoms with van der Waals surface area (Å²) in [7, 11) is -12.9. The second kappa shape index (κ2) is 16.9. The van der Waals surface area contributed by atoms with Gasteiger partial charge in [-0.15, -0.1) is 0 Å². The largest absolute Gasteiger partial charge is 0.481 e. The van der Waals surface area contributed by atoms with Crippen LogP contribution in [0.25, 0.3) is 0 Å². The van der Waals surface area contributed by atoms with E-state index in [1.807, 2.05) is 61.8 Å². The molecule has 0 aromatic heterocycles. The van der Waals surface area contributed by atoms with Crippen LogP contribution < -0.4 is 10.2 Å². The summed E-state index contributed by atoms with van der Waals surface area (Å²) in [5.41, 5.74) is 7.30. The minimum absolute atomic E-state index is 0.0719. The fourth-order valence-corrected chi connectivity index (χ4v) is 9.58. The monoisotopic (exact) mass is 860 g/mol. The summed E-state index contributed by atoms with van der Waals surface area (Å²) in [4.78, 5) is 13.7. The lowest BCUT2D eigenvalue weighted by Gasteiger charge is -2.28. The van der Waals surface area contributed by atoms with Gasteiger partial charge in [-0.2, -0.15) is 29.8 Å². The van der Waals surface area contributed by atoms with Crippen molar-refractivity contribution < 1.29 is 53.4 Å². The number of allylic oxidation sites excluding steroid dienone is 7. The highest BCUT2D eigenvalue weighted by Gasteiger charge is 2.45. The van der Waals surface area contributed by atoms with Gasteiger partial charge in [0.1, 0.15) is 6.54 Å². The first-order valence-corrected chi connectivity index (χ1v) is 23.8. The number of nitrogens with zero attached hydrogens (tertiary/aromatic N) is 2. The number of nitrogens with one attached hydrogen (secondary N) is 1. The zero-order chi connectivity index (χ0) is 43.0. The highest BCUT2D eigenvalue weighted by molar-refractivity contribution is 7.86. The number of aryl methyl sites for hydroxylation is 1. The van der Waals surface area contributed by atoms with E-state index in [-0.39, 0.29) is 36.6 Å². The summed E-state index contributed by atoms with van der Waals surface area (Å²) < 4.78 is 101. The van der Waals surface area contributed by atoms with Crippen LogP contribution in [-0.2, 0) is 46.0 Å². The maximum Gasteiger partial charge on any atom is 0.308 e. The predicted octanol–water partition coefficient (Wildman–Crippen LogP) is 6.09. The van der Waals surface area contributed by atoms with Crippen LogP contribution in [0.3, 0.4) is 0 Å². The number of benzene rings is 2. The SMILES string of the molecule is Cc1ccc2c(c1)C(C)(C)/C(=C/C=C1\CCCC(/C=C/C3=[N+](CCCS(=O)(=O)O)c4ccc(S(=O)(=O)O)cc4C3(C)C)=C1NCC(C)C(=O)O)N2CCCS(=O)(=O)O. The van der Waals surface area contributed by atoms with Crippen molar-refractivity contribution in [2.24, 2.45) is 5.92 Å². The molecule has 5 N–H and O–H groups in total. The van der Waals surface area contributed by atoms with Crippen molar-refractivity contribution >= 4 is 53.4 Å². The van der Waals surface area contributed by atoms with E-state index in [9.17, 15) is 48.8 Å². The second-order valence-corrected chi connectivity index (χ2v) is 20.9. The van der Waals surface area contributed by atoms with Crippen LogP contribution in [-0.4, -0.2) is 91.4 Å². The van der Waals surface area contributed by atoms with E-state index in [0.717, 1.165) is 51.5 Å². The minimum Gasteiger partial charge on any atom is -0.481 e. The van der Waals surface area contributed by atoms with Gasteiger partial charge in [-0.1, -0.05) is 50.6 Å². The molecule has 1 atom stereocenters. The number of aliphatic carboxylic acids is 1. The molecule has 2 aliphatic heterocycles. The maximum atomic E-state index is 12.1. The van der Waals surface area contributed by atoms with Crippen molar-refractivity contribution in [1.82, 2.24) is 5.32 Å². The van der Waals surface area contributed by atoms with E-state index in [1.54, 1.807) is 13.0 Å². The van der Waals surface area contributed by atoms with Crippen LogP contribution in [0.2, 0.25) is 0 Å². The molecule has 0 radical (unpaired) electrons. The molecule has 1 aliphatic carbocycles. The van der Waals surface area contributed by atoms with Crippen molar-refractivity contribution in [3.8, 4) is 0 Å². The standard InChI is InChI=1S/C41H53N3O11S3/c1-27-12-16-34-32(24-27)40(3,4)36(43(34)20-8-22-56(47,48)49)18-13-29-10-7-11-30(38(29)42-26-28(2)39(45)46)14-19-37-41(5,6)33-25-31(58(53,54)55)15-17-35(33)44(37)21-9-23-57(50,51)52/h12-19,24-25,28H,7-11,20-23,26H2,1-6H3,(H4,45,46,47,48,49,50,51,52,53,54,55)/p+1/b29-13+,36-18-. The minimum atomic E-state index is -4.52. The van der Waals surface area contributed by atoms with Crippen molar-refractivity contribution in [2.45, 2.75) is 89.4 Å². The molecule has 14 nitrogen and oxygen atoms in total. The summed E-state index contributed by atoms with van der Waals surface area (Å²) in [6, 6.07) is 10.4. The van der Waals surface area contributed by atoms with Crippen molar-refractivity contribution in [1.29, 1.82) is 0 Å². The Morgan fingerprint density at radius 1 is 0.879 bits per heavy atom. The molecule has 316 valence electrons. The van der Waals surface area contributed by atoms with E-state index in [4.69, 9.17) is 0 Å². The van der Waals surface area contributed by atoms with Gasteiger partial charge in [0.2, 0.25) is 5.69 Å². The van der Waals surface area contributed by atoms with Gasteiger partial charge in [-0.05, 0) is 87.4 Å². The molecular weight excluding hydrogens is 807 g/mol. The fourth-order valence-electron chi connectivity index (χ4n) is 8.08. The van der Waals surface area contributed by atoms with Crippen molar-refractivity contribution in [2.75, 3.05) is 36.0 Å². The molecule has 2 aromatic carbocycles. The number of hydrogen-bond acceptors (Lipinski definition) is 9. The van der Waals surface area contributed by atoms with Crippen LogP contribution in [0.5, 0.6) is 0 Å². The summed E-state index contributed by atoms with van der Waals surface area (Å²) in [6.07, 6.45) is 10.2. The van der Waals surface area contributed by atoms with Gasteiger partial charge in [-0.25, -0.2) is 0 Å². The van der Waals surface area contributed by atoms with E-state index < -0.39 is 58.8 Å². The van der Waals surface area contributed by atoms with Gasteiger partial charge in [0, 0.05) is 59.7 Å². The number of rotatable bonds is 16. The molecule has 5 rings (SSSR count). The lowest BCUT2D eigenvalue weighted by atomic mass is 9.81.